The van der Waals surface area contributed by atoms with E-state index in [1.165, 1.54) is 12.1 Å². The van der Waals surface area contributed by atoms with E-state index < -0.39 is 11.8 Å². The van der Waals surface area contributed by atoms with Gasteiger partial charge in [-0.1, -0.05) is 12.1 Å². The molecule has 1 fully saturated rings. The number of hydrogen-bond donors (Lipinski definition) is 2. The fraction of sp³-hybridized carbons (Fsp3) is 0.500. The summed E-state index contributed by atoms with van der Waals surface area (Å²) in [5, 5.41) is 2.62. The third-order valence-electron chi connectivity index (χ3n) is 3.91. The number of benzene rings is 1. The Bertz CT molecular complexity index is 527. The van der Waals surface area contributed by atoms with Crippen LogP contribution in [0, 0.1) is 5.82 Å². The third kappa shape index (κ3) is 5.30. The van der Waals surface area contributed by atoms with E-state index in [1.54, 1.807) is 17.0 Å². The smallest absolute Gasteiger partial charge is 0.311 e. The fourth-order valence-corrected chi connectivity index (χ4v) is 2.55. The van der Waals surface area contributed by atoms with Gasteiger partial charge < -0.3 is 16.0 Å². The maximum atomic E-state index is 12.8. The topological polar surface area (TPSA) is 78.7 Å². The van der Waals surface area contributed by atoms with Crippen molar-refractivity contribution < 1.29 is 14.0 Å². The normalized spacial score (nSPS) is 15.5. The first kappa shape index (κ1) is 17.4. The van der Waals surface area contributed by atoms with Crippen molar-refractivity contribution in [1.82, 2.24) is 15.1 Å². The molecule has 1 aromatic carbocycles. The molecule has 7 heteroatoms. The predicted octanol–water partition coefficient (Wildman–Crippen LogP) is -0.413. The van der Waals surface area contributed by atoms with Crippen LogP contribution in [0.5, 0.6) is 0 Å². The predicted molar refractivity (Wildman–Crippen MR) is 85.2 cm³/mol. The molecule has 0 saturated carbocycles. The fourth-order valence-electron chi connectivity index (χ4n) is 2.55. The van der Waals surface area contributed by atoms with Gasteiger partial charge in [-0.3, -0.25) is 14.5 Å². The van der Waals surface area contributed by atoms with Crippen LogP contribution in [0.25, 0.3) is 0 Å². The van der Waals surface area contributed by atoms with Crippen LogP contribution < -0.4 is 11.1 Å². The van der Waals surface area contributed by atoms with Crippen molar-refractivity contribution in [2.24, 2.45) is 5.73 Å². The van der Waals surface area contributed by atoms with E-state index >= 15 is 0 Å². The van der Waals surface area contributed by atoms with E-state index in [0.717, 1.165) is 25.2 Å². The van der Waals surface area contributed by atoms with Crippen LogP contribution in [-0.4, -0.2) is 67.4 Å². The molecule has 2 rings (SSSR count). The number of carbonyl (C=O) groups excluding carboxylic acids is 2. The summed E-state index contributed by atoms with van der Waals surface area (Å²) < 4.78 is 12.8. The molecule has 0 unspecified atom stereocenters. The maximum Gasteiger partial charge on any atom is 0.311 e. The minimum atomic E-state index is -0.584. The number of amides is 2. The van der Waals surface area contributed by atoms with Crippen LogP contribution in [-0.2, 0) is 16.0 Å². The summed E-state index contributed by atoms with van der Waals surface area (Å²) in [6, 6.07) is 6.09. The zero-order valence-electron chi connectivity index (χ0n) is 13.1. The van der Waals surface area contributed by atoms with Crippen molar-refractivity contribution in [3.63, 3.8) is 0 Å². The van der Waals surface area contributed by atoms with E-state index in [-0.39, 0.29) is 5.82 Å². The van der Waals surface area contributed by atoms with Gasteiger partial charge in [0.25, 0.3) is 0 Å². The summed E-state index contributed by atoms with van der Waals surface area (Å²) in [5.74, 6) is -1.36. The molecule has 6 nitrogen and oxygen atoms in total. The first-order valence-corrected chi connectivity index (χ1v) is 7.84. The first-order chi connectivity index (χ1) is 11.1. The van der Waals surface area contributed by atoms with Crippen molar-refractivity contribution in [3.8, 4) is 0 Å². The van der Waals surface area contributed by atoms with E-state index in [9.17, 15) is 14.0 Å². The van der Waals surface area contributed by atoms with Gasteiger partial charge in [-0.15, -0.1) is 0 Å². The molecule has 1 heterocycles. The van der Waals surface area contributed by atoms with Crippen LogP contribution in [0.3, 0.4) is 0 Å². The number of rotatable bonds is 5. The Kier molecular flexibility index (Phi) is 6.49. The Morgan fingerprint density at radius 3 is 2.39 bits per heavy atom. The molecule has 0 radical (unpaired) electrons. The van der Waals surface area contributed by atoms with E-state index in [4.69, 9.17) is 5.73 Å². The van der Waals surface area contributed by atoms with Gasteiger partial charge in [0.2, 0.25) is 0 Å². The van der Waals surface area contributed by atoms with Crippen LogP contribution in [0.4, 0.5) is 4.39 Å². The Morgan fingerprint density at radius 1 is 1.13 bits per heavy atom. The number of nitrogens with zero attached hydrogens (tertiary/aromatic N) is 2. The molecule has 3 N–H and O–H groups in total. The van der Waals surface area contributed by atoms with Crippen LogP contribution in [0.1, 0.15) is 5.56 Å². The van der Waals surface area contributed by atoms with Gasteiger partial charge in [0.05, 0.1) is 0 Å². The molecule has 2 amide bonds. The standard InChI is InChI=1S/C16H23FN4O2/c17-14-3-1-13(2-4-14)5-7-19-15(22)16(23)21-11-9-20(8-6-18)10-12-21/h1-4H,5-12,18H2,(H,19,22). The molecule has 126 valence electrons. The molecule has 1 saturated heterocycles. The monoisotopic (exact) mass is 322 g/mol. The number of hydrogen-bond acceptors (Lipinski definition) is 4. The van der Waals surface area contributed by atoms with Crippen molar-refractivity contribution in [2.75, 3.05) is 45.8 Å². The average molecular weight is 322 g/mol. The first-order valence-electron chi connectivity index (χ1n) is 7.84. The Morgan fingerprint density at radius 2 is 1.78 bits per heavy atom. The minimum Gasteiger partial charge on any atom is -0.347 e. The van der Waals surface area contributed by atoms with Gasteiger partial charge in [0.1, 0.15) is 5.82 Å². The van der Waals surface area contributed by atoms with Crippen LogP contribution in [0.15, 0.2) is 24.3 Å². The lowest BCUT2D eigenvalue weighted by Crippen LogP contribution is -2.53. The molecule has 0 bridgehead atoms. The van der Waals surface area contributed by atoms with Gasteiger partial charge in [-0.2, -0.15) is 0 Å². The zero-order valence-corrected chi connectivity index (χ0v) is 13.1. The SMILES string of the molecule is NCCN1CCN(C(=O)C(=O)NCCc2ccc(F)cc2)CC1. The highest BCUT2D eigenvalue weighted by Gasteiger charge is 2.25. The molecule has 0 spiro atoms. The Labute approximate surface area is 135 Å². The minimum absolute atomic E-state index is 0.290. The molecule has 0 atom stereocenters. The second-order valence-electron chi connectivity index (χ2n) is 5.55. The lowest BCUT2D eigenvalue weighted by atomic mass is 10.1. The highest BCUT2D eigenvalue weighted by Crippen LogP contribution is 2.04. The lowest BCUT2D eigenvalue weighted by Gasteiger charge is -2.34. The second-order valence-corrected chi connectivity index (χ2v) is 5.55. The quantitative estimate of drug-likeness (QED) is 0.722. The maximum absolute atomic E-state index is 12.8. The summed E-state index contributed by atoms with van der Waals surface area (Å²) in [5.41, 5.74) is 6.42. The van der Waals surface area contributed by atoms with Crippen molar-refractivity contribution >= 4 is 11.8 Å². The summed E-state index contributed by atoms with van der Waals surface area (Å²) in [6.07, 6.45) is 0.559. The number of nitrogens with one attached hydrogen (secondary N) is 1. The number of carbonyl (C=O) groups is 2. The Hall–Kier alpha value is -1.99. The second kappa shape index (κ2) is 8.59. The van der Waals surface area contributed by atoms with Gasteiger partial charge in [0, 0.05) is 45.8 Å². The molecular formula is C16H23FN4O2. The summed E-state index contributed by atoms with van der Waals surface area (Å²) >= 11 is 0. The van der Waals surface area contributed by atoms with E-state index in [0.29, 0.717) is 32.6 Å². The lowest BCUT2D eigenvalue weighted by molar-refractivity contribution is -0.146. The summed E-state index contributed by atoms with van der Waals surface area (Å²) in [6.45, 7) is 4.33. The zero-order chi connectivity index (χ0) is 16.7. The third-order valence-corrected chi connectivity index (χ3v) is 3.91. The highest BCUT2D eigenvalue weighted by molar-refractivity contribution is 6.35. The molecule has 1 aliphatic heterocycles. The molecule has 1 aliphatic rings. The van der Waals surface area contributed by atoms with Crippen molar-refractivity contribution in [3.05, 3.63) is 35.6 Å². The number of piperazine rings is 1. The van der Waals surface area contributed by atoms with Gasteiger partial charge in [-0.05, 0) is 24.1 Å². The molecular weight excluding hydrogens is 299 g/mol. The number of halogens is 1. The van der Waals surface area contributed by atoms with Crippen LogP contribution in [0.2, 0.25) is 0 Å². The van der Waals surface area contributed by atoms with Gasteiger partial charge >= 0.3 is 11.8 Å². The highest BCUT2D eigenvalue weighted by atomic mass is 19.1. The van der Waals surface area contributed by atoms with E-state index in [2.05, 4.69) is 10.2 Å². The average Bonchev–Trinajstić information content (AvgIpc) is 2.57. The van der Waals surface area contributed by atoms with Gasteiger partial charge in [-0.25, -0.2) is 4.39 Å². The van der Waals surface area contributed by atoms with Gasteiger partial charge in [0.15, 0.2) is 0 Å². The largest absolute Gasteiger partial charge is 0.347 e. The Balaban J connectivity index is 1.71. The molecule has 0 aromatic heterocycles. The summed E-state index contributed by atoms with van der Waals surface area (Å²) in [4.78, 5) is 27.7. The van der Waals surface area contributed by atoms with Crippen LogP contribution >= 0.6 is 0 Å². The molecule has 0 aliphatic carbocycles. The molecule has 1 aromatic rings. The van der Waals surface area contributed by atoms with Crippen molar-refractivity contribution in [2.45, 2.75) is 6.42 Å². The van der Waals surface area contributed by atoms with Crippen molar-refractivity contribution in [1.29, 1.82) is 0 Å². The summed E-state index contributed by atoms with van der Waals surface area (Å²) in [7, 11) is 0. The number of nitrogens with two attached hydrogens (primary N) is 1. The van der Waals surface area contributed by atoms with E-state index in [1.807, 2.05) is 0 Å². The molecule has 23 heavy (non-hydrogen) atoms.